The molecule has 2 aliphatic carbocycles. The largest absolute Gasteiger partial charge is 0.469 e. The number of esters is 2. The van der Waals surface area contributed by atoms with Gasteiger partial charge in [0.15, 0.2) is 29.4 Å². The van der Waals surface area contributed by atoms with Crippen molar-refractivity contribution in [2.75, 3.05) is 14.2 Å². The normalized spacial score (nSPS) is 33.0. The quantitative estimate of drug-likeness (QED) is 0.0421. The molecule has 0 bridgehead atoms. The molecule has 15 atom stereocenters. The highest BCUT2D eigenvalue weighted by molar-refractivity contribution is 14.1. The van der Waals surface area contributed by atoms with Gasteiger partial charge in [-0.15, -0.1) is 23.2 Å². The van der Waals surface area contributed by atoms with E-state index in [1.807, 2.05) is 0 Å². The lowest BCUT2D eigenvalue weighted by atomic mass is 9.87. The number of ether oxygens (including phenoxy) is 10. The molecule has 8 fully saturated rings. The van der Waals surface area contributed by atoms with Crippen LogP contribution in [0, 0.1) is 0 Å². The monoisotopic (exact) mass is 1400 g/mol. The van der Waals surface area contributed by atoms with Crippen molar-refractivity contribution >= 4 is 114 Å². The van der Waals surface area contributed by atoms with E-state index in [0.717, 1.165) is 84.1 Å². The zero-order valence-electron chi connectivity index (χ0n) is 43.0. The highest BCUT2D eigenvalue weighted by Crippen LogP contribution is 2.49. The third-order valence-electron chi connectivity index (χ3n) is 15.0. The minimum atomic E-state index is -1.05. The van der Waals surface area contributed by atoms with Gasteiger partial charge in [0.05, 0.1) is 51.5 Å². The summed E-state index contributed by atoms with van der Waals surface area (Å²) in [7, 11) is 2.75. The van der Waals surface area contributed by atoms with E-state index < -0.39 is 54.3 Å². The minimum absolute atomic E-state index is 0. The first-order chi connectivity index (χ1) is 35.9. The van der Waals surface area contributed by atoms with Crippen LogP contribution in [0.25, 0.3) is 0 Å². The molecule has 6 aliphatic heterocycles. The number of hydrogen-bond donors (Lipinski definition) is 1. The topological polar surface area (TPSA) is 198 Å². The van der Waals surface area contributed by atoms with E-state index in [1.54, 1.807) is 4.99 Å². The molecule has 0 aromatic carbocycles. The van der Waals surface area contributed by atoms with Gasteiger partial charge < -0.3 is 57.3 Å². The molecule has 0 aromatic rings. The Morgan fingerprint density at radius 2 is 1.09 bits per heavy atom. The first-order valence-corrected chi connectivity index (χ1v) is 30.4. The van der Waals surface area contributed by atoms with E-state index >= 15 is 0 Å². The van der Waals surface area contributed by atoms with E-state index in [1.165, 1.54) is 38.9 Å². The summed E-state index contributed by atoms with van der Waals surface area (Å²) in [6, 6.07) is 0. The van der Waals surface area contributed by atoms with Gasteiger partial charge in [-0.3, -0.25) is 19.2 Å². The average Bonchev–Trinajstić information content (AvgIpc) is 3.95. The summed E-state index contributed by atoms with van der Waals surface area (Å²) in [6.07, 6.45) is 15.7. The average molecular weight is 1400 g/mol. The second kappa shape index (κ2) is 32.1. The number of aldehydes is 1. The van der Waals surface area contributed by atoms with Crippen LogP contribution in [0.3, 0.4) is 0 Å². The Morgan fingerprint density at radius 1 is 0.658 bits per heavy atom. The number of fused-ring (bicyclic) bond motifs is 6. The molecule has 8 aliphatic rings. The maximum atomic E-state index is 12.4. The van der Waals surface area contributed by atoms with Crippen molar-refractivity contribution in [1.82, 2.24) is 0 Å². The van der Waals surface area contributed by atoms with Crippen LogP contribution in [0.15, 0.2) is 43.5 Å². The van der Waals surface area contributed by atoms with Gasteiger partial charge in [0.25, 0.3) is 0 Å². The van der Waals surface area contributed by atoms with Gasteiger partial charge in [-0.1, -0.05) is 49.4 Å². The van der Waals surface area contributed by atoms with E-state index in [9.17, 15) is 29.1 Å². The third kappa shape index (κ3) is 19.1. The molecule has 0 amide bonds. The SMILES string of the molecule is C.C=C(I)C[C@H](Cl)CCC(=O)/C=C/Br.C=C(I)C[C@H](Cl)CCC(=O)/C=C/[C@H](O)[C@@H]1O[C@H]2CC[C@H](CC(=O)OC)O[C@@H]2[C@@H]2OC3(CCCCC3)O[C@@H]21.COC(=O)C[C@H]1CC[C@@H]2O[C@@H](C=O)[C@H]3OC4(CCCCC4)O[C@H]3[C@H]2O1. The number of ketones is 2. The highest BCUT2D eigenvalue weighted by atomic mass is 127. The maximum Gasteiger partial charge on any atom is 0.308 e. The number of carbonyl (C=O) groups is 5. The molecule has 16 nitrogen and oxygen atoms in total. The van der Waals surface area contributed by atoms with Gasteiger partial charge >= 0.3 is 11.9 Å². The van der Waals surface area contributed by atoms with E-state index in [-0.39, 0.29) is 91.2 Å². The summed E-state index contributed by atoms with van der Waals surface area (Å²) in [5.41, 5.74) is 0. The van der Waals surface area contributed by atoms with Crippen molar-refractivity contribution < 1.29 is 76.4 Å². The smallest absolute Gasteiger partial charge is 0.308 e. The van der Waals surface area contributed by atoms with Crippen LogP contribution in [-0.2, 0) is 71.3 Å². The van der Waals surface area contributed by atoms with Crippen molar-refractivity contribution in [3.63, 3.8) is 0 Å². The molecule has 430 valence electrons. The van der Waals surface area contributed by atoms with Gasteiger partial charge in [-0.05, 0) is 153 Å². The van der Waals surface area contributed by atoms with Crippen LogP contribution in [0.2, 0.25) is 0 Å². The van der Waals surface area contributed by atoms with Crippen molar-refractivity contribution in [3.05, 3.63) is 43.5 Å². The highest BCUT2D eigenvalue weighted by Gasteiger charge is 2.62. The minimum Gasteiger partial charge on any atom is -0.469 e. The molecule has 21 heteroatoms. The number of hydrogen-bond acceptors (Lipinski definition) is 16. The predicted molar refractivity (Wildman–Crippen MR) is 307 cm³/mol. The van der Waals surface area contributed by atoms with Crippen LogP contribution < -0.4 is 0 Å². The maximum absolute atomic E-state index is 12.4. The van der Waals surface area contributed by atoms with Crippen LogP contribution in [0.4, 0.5) is 0 Å². The predicted octanol–water partition coefficient (Wildman–Crippen LogP) is 10.9. The number of aliphatic hydroxyl groups is 1. The second-order valence-electron chi connectivity index (χ2n) is 20.6. The summed E-state index contributed by atoms with van der Waals surface area (Å²) in [6.45, 7) is 7.60. The first-order valence-electron chi connectivity index (χ1n) is 26.4. The fourth-order valence-corrected chi connectivity index (χ4v) is 13.7. The molecule has 6 heterocycles. The summed E-state index contributed by atoms with van der Waals surface area (Å²) in [5, 5.41) is 11.0. The number of alkyl halides is 2. The van der Waals surface area contributed by atoms with E-state index in [4.69, 9.17) is 70.6 Å². The standard InChI is InChI=1S/C27H38ClIO8.C18H26O7.C9H11BrClIO.CH4/c1-16(29)14-17(28)6-7-18(30)8-10-20(31)23-25-26(37-27(36-25)12-4-3-5-13-27)24-21(35-23)11-9-19(34-24)15-22(32)33-2;1-21-14(20)9-11-5-6-12-15(22-11)17-16(13(10-19)23-12)24-18(25-17)7-3-2-4-8-18;1-7(12)6-8(11)2-3-9(13)4-5-10;/h8,10,17,19-21,23-26,31H,1,3-7,9,11-15H2,2H3;10-13,15-17H,2-9H2,1H3;4-5,8H,1-3,6H2;1H4/b10-8+;;5-4+;/t17-,19-,20+,21+,23+,24+,25-,26+;11-,12+,13+,15+,16-,17+;8-;/m111./s1. The van der Waals surface area contributed by atoms with Crippen molar-refractivity contribution in [2.24, 2.45) is 0 Å². The van der Waals surface area contributed by atoms with Crippen LogP contribution in [0.1, 0.15) is 149 Å². The van der Waals surface area contributed by atoms with Gasteiger partial charge in [0.1, 0.15) is 54.9 Å². The lowest BCUT2D eigenvalue weighted by molar-refractivity contribution is -0.250. The van der Waals surface area contributed by atoms with Gasteiger partial charge in [0.2, 0.25) is 0 Å². The van der Waals surface area contributed by atoms with E-state index in [2.05, 4.69) is 74.3 Å². The molecule has 0 unspecified atom stereocenters. The second-order valence-corrected chi connectivity index (χ2v) is 25.5. The Balaban J connectivity index is 0.000000235. The number of rotatable bonds is 19. The van der Waals surface area contributed by atoms with Gasteiger partial charge in [0, 0.05) is 49.3 Å². The molecule has 0 aromatic heterocycles. The molecule has 2 spiro atoms. The lowest BCUT2D eigenvalue weighted by Crippen LogP contribution is -2.62. The molecule has 2 saturated carbocycles. The van der Waals surface area contributed by atoms with E-state index in [0.29, 0.717) is 51.4 Å². The first kappa shape index (κ1) is 65.9. The van der Waals surface area contributed by atoms with Crippen molar-refractivity contribution in [3.8, 4) is 0 Å². The molecule has 6 saturated heterocycles. The van der Waals surface area contributed by atoms with Gasteiger partial charge in [-0.25, -0.2) is 0 Å². The Kier molecular flexibility index (Phi) is 27.8. The van der Waals surface area contributed by atoms with Crippen molar-refractivity contribution in [2.45, 2.75) is 250 Å². The number of allylic oxidation sites excluding steroid dienone is 4. The Hall–Kier alpha value is -0.930. The fourth-order valence-electron chi connectivity index (χ4n) is 11.3. The van der Waals surface area contributed by atoms with Crippen LogP contribution in [-0.4, -0.2) is 151 Å². The molecule has 0 radical (unpaired) electrons. The molecule has 8 rings (SSSR count). The Morgan fingerprint density at radius 3 is 1.54 bits per heavy atom. The zero-order chi connectivity index (χ0) is 54.3. The number of halogens is 5. The number of methoxy groups -OCH3 is 2. The summed E-state index contributed by atoms with van der Waals surface area (Å²) < 4.78 is 62.0. The van der Waals surface area contributed by atoms with Crippen molar-refractivity contribution in [1.29, 1.82) is 0 Å². The summed E-state index contributed by atoms with van der Waals surface area (Å²) in [5.74, 6) is -1.91. The lowest BCUT2D eigenvalue weighted by Gasteiger charge is -2.47. The zero-order valence-corrected chi connectivity index (χ0v) is 50.4. The third-order valence-corrected chi connectivity index (χ3v) is 16.8. The molecular weight excluding hydrogens is 1320 g/mol. The summed E-state index contributed by atoms with van der Waals surface area (Å²) >= 11 is 19.6. The van der Waals surface area contributed by atoms with Crippen LogP contribution >= 0.6 is 84.3 Å². The Bertz CT molecular complexity index is 2000. The fraction of sp³-hybridized carbons (Fsp3) is 0.764. The Labute approximate surface area is 494 Å². The molecule has 1 N–H and O–H groups in total. The summed E-state index contributed by atoms with van der Waals surface area (Å²) in [4.78, 5) is 60.0. The molecule has 76 heavy (non-hydrogen) atoms. The van der Waals surface area contributed by atoms with Crippen LogP contribution in [0.5, 0.6) is 0 Å². The molecular formula is C55H79BrCl2I2O16. The number of aliphatic hydroxyl groups excluding tert-OH is 1. The number of carbonyl (C=O) groups excluding carboxylic acids is 5. The van der Waals surface area contributed by atoms with Gasteiger partial charge in [-0.2, -0.15) is 0 Å².